The monoisotopic (exact) mass is 158 g/mol. The molecule has 0 saturated heterocycles. The molecule has 0 atom stereocenters. The van der Waals surface area contributed by atoms with E-state index in [9.17, 15) is 0 Å². The molecule has 1 rings (SSSR count). The fourth-order valence-corrected chi connectivity index (χ4v) is 0.709. The van der Waals surface area contributed by atoms with Crippen LogP contribution < -0.4 is 9.64 Å². The number of aromatic nitrogens is 1. The summed E-state index contributed by atoms with van der Waals surface area (Å²) < 4.78 is 48.5. The molecule has 1 aromatic heterocycles. The molecule has 60 valence electrons. The van der Waals surface area contributed by atoms with Gasteiger partial charge in [0, 0.05) is 28.4 Å². The summed E-state index contributed by atoms with van der Waals surface area (Å²) in [5.41, 5.74) is 0. The van der Waals surface area contributed by atoms with Crippen LogP contribution in [0.4, 0.5) is 5.82 Å². The number of rotatable bonds is 2. The fraction of sp³-hybridized carbons (Fsp3) is 0.375. The van der Waals surface area contributed by atoms with Gasteiger partial charge in [0.05, 0.1) is 7.11 Å². The minimum absolute atomic E-state index is 0.0970. The maximum atomic E-state index is 7.26. The molecule has 0 radical (unpaired) electrons. The molecule has 0 bridgehead atoms. The summed E-state index contributed by atoms with van der Waals surface area (Å²) in [5, 5.41) is 0. The second-order valence-electron chi connectivity index (χ2n) is 1.86. The minimum atomic E-state index is -2.83. The van der Waals surface area contributed by atoms with Crippen LogP contribution in [0, 0.1) is 0 Å². The van der Waals surface area contributed by atoms with E-state index in [4.69, 9.17) is 13.0 Å². The van der Waals surface area contributed by atoms with Gasteiger partial charge >= 0.3 is 0 Å². The number of ether oxygens (including phenoxy) is 1. The van der Waals surface area contributed by atoms with E-state index in [-0.39, 0.29) is 11.6 Å². The average molecular weight is 158 g/mol. The molecule has 0 fully saturated rings. The smallest absolute Gasteiger partial charge is 0.170 e. The van der Waals surface area contributed by atoms with E-state index in [0.29, 0.717) is 4.90 Å². The molecule has 3 nitrogen and oxygen atoms in total. The van der Waals surface area contributed by atoms with Crippen molar-refractivity contribution in [1.82, 2.24) is 4.98 Å². The molecule has 0 aliphatic carbocycles. The summed E-state index contributed by atoms with van der Waals surface area (Å²) in [4.78, 5) is 4.05. The lowest BCUT2D eigenvalue weighted by molar-refractivity contribution is 0.413. The first-order valence-electron chi connectivity index (χ1n) is 5.97. The predicted octanol–water partition coefficient (Wildman–Crippen LogP) is 1.16. The van der Waals surface area contributed by atoms with E-state index in [1.54, 1.807) is 0 Å². The SMILES string of the molecule is [2H]C([2H])([2H])N(c1ncccc1OC)C([2H])([2H])[2H]. The van der Waals surface area contributed by atoms with E-state index < -0.39 is 14.0 Å². The summed E-state index contributed by atoms with van der Waals surface area (Å²) in [5.74, 6) is -0.130. The van der Waals surface area contributed by atoms with Crippen LogP contribution in [0.25, 0.3) is 0 Å². The Bertz CT molecular complexity index is 374. The molecule has 0 spiro atoms. The van der Waals surface area contributed by atoms with Crippen LogP contribution in [0.2, 0.25) is 0 Å². The number of anilines is 1. The maximum Gasteiger partial charge on any atom is 0.170 e. The Labute approximate surface area is 75.0 Å². The van der Waals surface area contributed by atoms with Crippen molar-refractivity contribution in [1.29, 1.82) is 0 Å². The van der Waals surface area contributed by atoms with Gasteiger partial charge in [-0.25, -0.2) is 4.98 Å². The van der Waals surface area contributed by atoms with Crippen LogP contribution >= 0.6 is 0 Å². The third kappa shape index (κ3) is 1.61. The molecule has 1 heterocycles. The van der Waals surface area contributed by atoms with Crippen molar-refractivity contribution in [2.45, 2.75) is 0 Å². The number of methoxy groups -OCH3 is 1. The quantitative estimate of drug-likeness (QED) is 0.645. The zero-order valence-corrected chi connectivity index (χ0v) is 6.03. The predicted molar refractivity (Wildman–Crippen MR) is 45.1 cm³/mol. The third-order valence-electron chi connectivity index (χ3n) is 1.18. The summed E-state index contributed by atoms with van der Waals surface area (Å²) in [6, 6.07) is 2.98. The van der Waals surface area contributed by atoms with Crippen molar-refractivity contribution >= 4 is 5.82 Å². The van der Waals surface area contributed by atoms with Gasteiger partial charge in [-0.3, -0.25) is 0 Å². The molecular formula is C8H12N2O. The molecule has 0 aromatic carbocycles. The Kier molecular flexibility index (Phi) is 0.884. The zero-order chi connectivity index (χ0) is 13.3. The van der Waals surface area contributed by atoms with E-state index >= 15 is 0 Å². The molecule has 0 aliphatic rings. The first-order chi connectivity index (χ1) is 7.68. The standard InChI is InChI=1S/C8H12N2O/c1-10(2)8-7(11-3)5-4-6-9-8/h4-6H,1-3H3/i1D3,2D3. The van der Waals surface area contributed by atoms with Crippen molar-refractivity contribution in [3.05, 3.63) is 18.3 Å². The lowest BCUT2D eigenvalue weighted by Gasteiger charge is -2.13. The van der Waals surface area contributed by atoms with Gasteiger partial charge in [-0.05, 0) is 12.1 Å². The van der Waals surface area contributed by atoms with E-state index in [1.807, 2.05) is 0 Å². The van der Waals surface area contributed by atoms with Crippen LogP contribution in [0.3, 0.4) is 0 Å². The van der Waals surface area contributed by atoms with Crippen LogP contribution in [-0.4, -0.2) is 26.0 Å². The Hall–Kier alpha value is -1.25. The Morgan fingerprint density at radius 3 is 3.09 bits per heavy atom. The molecule has 0 aliphatic heterocycles. The Morgan fingerprint density at radius 1 is 1.64 bits per heavy atom. The average Bonchev–Trinajstić information content (AvgIpc) is 2.14. The highest BCUT2D eigenvalue weighted by molar-refractivity contribution is 5.50. The largest absolute Gasteiger partial charge is 0.493 e. The van der Waals surface area contributed by atoms with Crippen LogP contribution in [0.5, 0.6) is 5.75 Å². The van der Waals surface area contributed by atoms with Gasteiger partial charge in [0.1, 0.15) is 0 Å². The lowest BCUT2D eigenvalue weighted by atomic mass is 10.4. The highest BCUT2D eigenvalue weighted by Crippen LogP contribution is 2.21. The Balaban J connectivity index is 3.33. The number of hydrogen-bond acceptors (Lipinski definition) is 3. The van der Waals surface area contributed by atoms with Gasteiger partial charge in [-0.1, -0.05) is 0 Å². The molecule has 0 saturated carbocycles. The number of pyridine rings is 1. The molecule has 0 amide bonds. The van der Waals surface area contributed by atoms with Gasteiger partial charge < -0.3 is 9.64 Å². The third-order valence-corrected chi connectivity index (χ3v) is 1.18. The van der Waals surface area contributed by atoms with E-state index in [2.05, 4.69) is 4.98 Å². The molecular weight excluding hydrogens is 140 g/mol. The second-order valence-corrected chi connectivity index (χ2v) is 1.86. The minimum Gasteiger partial charge on any atom is -0.493 e. The summed E-state index contributed by atoms with van der Waals surface area (Å²) in [7, 11) is 1.32. The van der Waals surface area contributed by atoms with Crippen molar-refractivity contribution in [2.24, 2.45) is 0 Å². The van der Waals surface area contributed by atoms with Crippen LogP contribution in [0.15, 0.2) is 18.3 Å². The first kappa shape index (κ1) is 3.01. The number of nitrogens with zero attached hydrogens (tertiary/aromatic N) is 2. The van der Waals surface area contributed by atoms with Crippen LogP contribution in [-0.2, 0) is 0 Å². The van der Waals surface area contributed by atoms with Crippen molar-refractivity contribution in [3.8, 4) is 5.75 Å². The Morgan fingerprint density at radius 2 is 2.45 bits per heavy atom. The summed E-state index contributed by atoms with van der Waals surface area (Å²) in [6.07, 6.45) is 1.31. The normalized spacial score (nSPS) is 19.7. The van der Waals surface area contributed by atoms with Crippen LogP contribution in [0.1, 0.15) is 8.22 Å². The first-order valence-corrected chi connectivity index (χ1v) is 2.97. The van der Waals surface area contributed by atoms with Crippen molar-refractivity contribution in [2.75, 3.05) is 26.0 Å². The molecule has 11 heavy (non-hydrogen) atoms. The fourth-order valence-electron chi connectivity index (χ4n) is 0.709. The summed E-state index contributed by atoms with van der Waals surface area (Å²) in [6.45, 7) is -5.65. The van der Waals surface area contributed by atoms with Gasteiger partial charge in [0.2, 0.25) is 0 Å². The molecule has 0 unspecified atom stereocenters. The second kappa shape index (κ2) is 3.23. The van der Waals surface area contributed by atoms with Crippen molar-refractivity contribution < 1.29 is 13.0 Å². The number of hydrogen-bond donors (Lipinski definition) is 0. The highest BCUT2D eigenvalue weighted by Gasteiger charge is 2.02. The molecule has 1 aromatic rings. The van der Waals surface area contributed by atoms with Gasteiger partial charge in [0.15, 0.2) is 11.6 Å². The topological polar surface area (TPSA) is 25.4 Å². The zero-order valence-electron chi connectivity index (χ0n) is 12.0. The highest BCUT2D eigenvalue weighted by atomic mass is 16.5. The lowest BCUT2D eigenvalue weighted by Crippen LogP contribution is -2.11. The van der Waals surface area contributed by atoms with Gasteiger partial charge in [0.25, 0.3) is 0 Å². The summed E-state index contributed by atoms with van der Waals surface area (Å²) >= 11 is 0. The molecule has 3 heteroatoms. The molecule has 0 N–H and O–H groups in total. The van der Waals surface area contributed by atoms with E-state index in [1.165, 1.54) is 25.4 Å². The van der Waals surface area contributed by atoms with Crippen molar-refractivity contribution in [3.63, 3.8) is 0 Å². The van der Waals surface area contributed by atoms with Gasteiger partial charge in [-0.2, -0.15) is 0 Å². The van der Waals surface area contributed by atoms with E-state index in [0.717, 1.165) is 0 Å². The maximum absolute atomic E-state index is 7.26. The van der Waals surface area contributed by atoms with Gasteiger partial charge in [-0.15, -0.1) is 0 Å².